The Hall–Kier alpha value is -0.780. The lowest BCUT2D eigenvalue weighted by atomic mass is 9.95. The van der Waals surface area contributed by atoms with Gasteiger partial charge in [0.1, 0.15) is 0 Å². The van der Waals surface area contributed by atoms with Gasteiger partial charge in [0.15, 0.2) is 0 Å². The molecule has 0 bridgehead atoms. The van der Waals surface area contributed by atoms with Gasteiger partial charge in [-0.15, -0.1) is 0 Å². The van der Waals surface area contributed by atoms with Gasteiger partial charge in [-0.2, -0.15) is 13.2 Å². The number of rotatable bonds is 3. The summed E-state index contributed by atoms with van der Waals surface area (Å²) in [7, 11) is 0. The third-order valence-electron chi connectivity index (χ3n) is 3.19. The minimum atomic E-state index is -4.14. The number of hydrogen-bond donors (Lipinski definition) is 1. The molecule has 6 heteroatoms. The van der Waals surface area contributed by atoms with Crippen LogP contribution in [0, 0.1) is 5.92 Å². The molecule has 1 unspecified atom stereocenters. The lowest BCUT2D eigenvalue weighted by Gasteiger charge is -2.34. The predicted octanol–water partition coefficient (Wildman–Crippen LogP) is 1.91. The Balaban J connectivity index is 2.44. The van der Waals surface area contributed by atoms with Crippen LogP contribution in [0.15, 0.2) is 0 Å². The van der Waals surface area contributed by atoms with Gasteiger partial charge in [-0.1, -0.05) is 13.3 Å². The van der Waals surface area contributed by atoms with Crippen LogP contribution in [0.25, 0.3) is 0 Å². The Bertz CT molecular complexity index is 260. The van der Waals surface area contributed by atoms with Crippen molar-refractivity contribution in [1.29, 1.82) is 0 Å². The fourth-order valence-electron chi connectivity index (χ4n) is 2.10. The van der Waals surface area contributed by atoms with E-state index in [2.05, 4.69) is 0 Å². The molecule has 3 nitrogen and oxygen atoms in total. The maximum absolute atomic E-state index is 12.4. The molecule has 1 amide bonds. The first-order chi connectivity index (χ1) is 7.86. The van der Waals surface area contributed by atoms with Crippen LogP contribution in [0.2, 0.25) is 0 Å². The van der Waals surface area contributed by atoms with Crippen LogP contribution in [0.3, 0.4) is 0 Å². The Morgan fingerprint density at radius 3 is 2.35 bits per heavy atom. The molecule has 1 heterocycles. The number of carbonyl (C=O) groups is 1. The molecular weight excluding hydrogens is 233 g/mol. The molecule has 0 spiro atoms. The summed E-state index contributed by atoms with van der Waals surface area (Å²) >= 11 is 0. The number of likely N-dealkylation sites (tertiary alicyclic amines) is 1. The molecule has 100 valence electrons. The highest BCUT2D eigenvalue weighted by Crippen LogP contribution is 2.34. The van der Waals surface area contributed by atoms with Crippen molar-refractivity contribution in [3.63, 3.8) is 0 Å². The second kappa shape index (κ2) is 5.71. The lowest BCUT2D eigenvalue weighted by molar-refractivity contribution is -0.186. The molecule has 17 heavy (non-hydrogen) atoms. The minimum absolute atomic E-state index is 0.00587. The standard InChI is InChI=1S/C11H19F3N2O/c1-2-3-9(15)10(17)16-6-4-8(5-7-16)11(12,13)14/h8-9H,2-7,15H2,1H3. The molecule has 2 N–H and O–H groups in total. The summed E-state index contributed by atoms with van der Waals surface area (Å²) in [6.07, 6.45) is -2.77. The normalized spacial score (nSPS) is 20.4. The number of halogens is 3. The van der Waals surface area contributed by atoms with E-state index in [1.165, 1.54) is 4.90 Å². The van der Waals surface area contributed by atoms with Crippen molar-refractivity contribution < 1.29 is 18.0 Å². The molecular formula is C11H19F3N2O. The Labute approximate surface area is 99.1 Å². The quantitative estimate of drug-likeness (QED) is 0.834. The van der Waals surface area contributed by atoms with Crippen molar-refractivity contribution in [2.45, 2.75) is 44.8 Å². The van der Waals surface area contributed by atoms with Gasteiger partial charge in [-0.25, -0.2) is 0 Å². The van der Waals surface area contributed by atoms with E-state index in [1.54, 1.807) is 0 Å². The highest BCUT2D eigenvalue weighted by molar-refractivity contribution is 5.81. The second-order valence-electron chi connectivity index (χ2n) is 4.54. The van der Waals surface area contributed by atoms with Crippen LogP contribution < -0.4 is 5.73 Å². The first-order valence-electron chi connectivity index (χ1n) is 5.97. The van der Waals surface area contributed by atoms with Gasteiger partial charge < -0.3 is 10.6 Å². The van der Waals surface area contributed by atoms with Gasteiger partial charge in [0.2, 0.25) is 5.91 Å². The van der Waals surface area contributed by atoms with Gasteiger partial charge in [-0.05, 0) is 19.3 Å². The summed E-state index contributed by atoms with van der Waals surface area (Å²) in [4.78, 5) is 13.2. The zero-order valence-corrected chi connectivity index (χ0v) is 9.96. The van der Waals surface area contributed by atoms with Gasteiger partial charge in [-0.3, -0.25) is 4.79 Å². The molecule has 0 aliphatic carbocycles. The largest absolute Gasteiger partial charge is 0.391 e. The molecule has 0 saturated carbocycles. The van der Waals surface area contributed by atoms with Crippen molar-refractivity contribution in [2.75, 3.05) is 13.1 Å². The Morgan fingerprint density at radius 1 is 1.41 bits per heavy atom. The second-order valence-corrected chi connectivity index (χ2v) is 4.54. The van der Waals surface area contributed by atoms with Crippen molar-refractivity contribution in [2.24, 2.45) is 11.7 Å². The average molecular weight is 252 g/mol. The van der Waals surface area contributed by atoms with E-state index in [1.807, 2.05) is 6.92 Å². The maximum atomic E-state index is 12.4. The van der Waals surface area contributed by atoms with E-state index in [9.17, 15) is 18.0 Å². The number of nitrogens with two attached hydrogens (primary N) is 1. The number of hydrogen-bond acceptors (Lipinski definition) is 2. The fourth-order valence-corrected chi connectivity index (χ4v) is 2.10. The SMILES string of the molecule is CCCC(N)C(=O)N1CCC(C(F)(F)F)CC1. The maximum Gasteiger partial charge on any atom is 0.391 e. The molecule has 0 radical (unpaired) electrons. The molecule has 0 aromatic heterocycles. The summed E-state index contributed by atoms with van der Waals surface area (Å²) in [6, 6.07) is -0.567. The number of amides is 1. The predicted molar refractivity (Wildman–Crippen MR) is 58.2 cm³/mol. The zero-order valence-electron chi connectivity index (χ0n) is 9.96. The van der Waals surface area contributed by atoms with Crippen molar-refractivity contribution >= 4 is 5.91 Å². The molecule has 0 aromatic rings. The number of alkyl halides is 3. The van der Waals surface area contributed by atoms with Crippen LogP contribution in [-0.2, 0) is 4.79 Å². The molecule has 1 rings (SSSR count). The van der Waals surface area contributed by atoms with Crippen LogP contribution >= 0.6 is 0 Å². The van der Waals surface area contributed by atoms with E-state index < -0.39 is 18.1 Å². The Kier molecular flexibility index (Phi) is 4.80. The Morgan fingerprint density at radius 2 is 1.94 bits per heavy atom. The number of carbonyl (C=O) groups excluding carboxylic acids is 1. The zero-order chi connectivity index (χ0) is 13.1. The van der Waals surface area contributed by atoms with Gasteiger partial charge >= 0.3 is 6.18 Å². The third kappa shape index (κ3) is 3.87. The van der Waals surface area contributed by atoms with Gasteiger partial charge in [0, 0.05) is 13.1 Å². The smallest absolute Gasteiger partial charge is 0.341 e. The van der Waals surface area contributed by atoms with E-state index in [0.717, 1.165) is 6.42 Å². The summed E-state index contributed by atoms with van der Waals surface area (Å²) in [5, 5.41) is 0. The minimum Gasteiger partial charge on any atom is -0.341 e. The molecule has 1 fully saturated rings. The summed E-state index contributed by atoms with van der Waals surface area (Å²) in [5.74, 6) is -1.48. The lowest BCUT2D eigenvalue weighted by Crippen LogP contribution is -2.48. The van der Waals surface area contributed by atoms with Crippen LogP contribution in [0.4, 0.5) is 13.2 Å². The summed E-state index contributed by atoms with van der Waals surface area (Å²) < 4.78 is 37.3. The van der Waals surface area contributed by atoms with Crippen LogP contribution in [0.5, 0.6) is 0 Å². The van der Waals surface area contributed by atoms with Gasteiger partial charge in [0.25, 0.3) is 0 Å². The summed E-state index contributed by atoms with van der Waals surface area (Å²) in [5.41, 5.74) is 5.67. The monoisotopic (exact) mass is 252 g/mol. The average Bonchev–Trinajstić information content (AvgIpc) is 2.27. The van der Waals surface area contributed by atoms with E-state index in [4.69, 9.17) is 5.73 Å². The topological polar surface area (TPSA) is 46.3 Å². The highest BCUT2D eigenvalue weighted by atomic mass is 19.4. The molecule has 1 atom stereocenters. The van der Waals surface area contributed by atoms with Gasteiger partial charge in [0.05, 0.1) is 12.0 Å². The van der Waals surface area contributed by atoms with Crippen molar-refractivity contribution in [3.05, 3.63) is 0 Å². The highest BCUT2D eigenvalue weighted by Gasteiger charge is 2.41. The molecule has 1 aliphatic rings. The number of piperidine rings is 1. The first kappa shape index (κ1) is 14.3. The van der Waals surface area contributed by atoms with Crippen molar-refractivity contribution in [1.82, 2.24) is 4.90 Å². The van der Waals surface area contributed by atoms with E-state index >= 15 is 0 Å². The number of nitrogens with zero attached hydrogens (tertiary/aromatic N) is 1. The molecule has 1 aliphatic heterocycles. The first-order valence-corrected chi connectivity index (χ1v) is 5.97. The third-order valence-corrected chi connectivity index (χ3v) is 3.19. The van der Waals surface area contributed by atoms with E-state index in [0.29, 0.717) is 6.42 Å². The molecule has 1 saturated heterocycles. The van der Waals surface area contributed by atoms with E-state index in [-0.39, 0.29) is 31.8 Å². The molecule has 0 aromatic carbocycles. The van der Waals surface area contributed by atoms with Crippen LogP contribution in [-0.4, -0.2) is 36.1 Å². The summed E-state index contributed by atoms with van der Waals surface area (Å²) in [6.45, 7) is 2.25. The van der Waals surface area contributed by atoms with Crippen molar-refractivity contribution in [3.8, 4) is 0 Å². The fraction of sp³-hybridized carbons (Fsp3) is 0.909. The van der Waals surface area contributed by atoms with Crippen LogP contribution in [0.1, 0.15) is 32.6 Å².